The van der Waals surface area contributed by atoms with Crippen LogP contribution in [0.1, 0.15) is 18.4 Å². The predicted octanol–water partition coefficient (Wildman–Crippen LogP) is 6.58. The molecule has 4 aromatic rings. The molecule has 3 aromatic carbocycles. The summed E-state index contributed by atoms with van der Waals surface area (Å²) in [5.41, 5.74) is 2.23. The van der Waals surface area contributed by atoms with Gasteiger partial charge in [0.25, 0.3) is 0 Å². The molecule has 16 heteroatoms. The fourth-order valence-corrected chi connectivity index (χ4v) is 6.20. The number of ether oxygens (including phenoxy) is 3. The highest BCUT2D eigenvalue weighted by Gasteiger charge is 2.15. The van der Waals surface area contributed by atoms with Crippen molar-refractivity contribution in [2.45, 2.75) is 37.8 Å². The Kier molecular flexibility index (Phi) is 12.6. The van der Waals surface area contributed by atoms with Gasteiger partial charge in [0.2, 0.25) is 4.80 Å². The van der Waals surface area contributed by atoms with Crippen LogP contribution in [0.5, 0.6) is 5.75 Å². The molecule has 0 aliphatic carbocycles. The molecule has 248 valence electrons. The third-order valence-electron chi connectivity index (χ3n) is 6.42. The molecule has 2 N–H and O–H groups in total. The first-order valence-corrected chi connectivity index (χ1v) is 16.3. The smallest absolute Gasteiger partial charge is 0.417 e. The van der Waals surface area contributed by atoms with E-state index >= 15 is 0 Å². The van der Waals surface area contributed by atoms with E-state index in [-0.39, 0.29) is 21.3 Å². The molecule has 12 nitrogen and oxygen atoms in total. The van der Waals surface area contributed by atoms with Crippen molar-refractivity contribution in [3.8, 4) is 5.75 Å². The second-order valence-corrected chi connectivity index (χ2v) is 12.2. The van der Waals surface area contributed by atoms with Crippen LogP contribution in [0.4, 0.5) is 31.0 Å². The minimum atomic E-state index is -0.610. The summed E-state index contributed by atoms with van der Waals surface area (Å²) >= 11 is 8.17. The summed E-state index contributed by atoms with van der Waals surface area (Å²) in [6.45, 7) is 3.25. The maximum Gasteiger partial charge on any atom is 0.417 e. The number of hydrogen-bond donors (Lipinski definition) is 2. The summed E-state index contributed by atoms with van der Waals surface area (Å²) in [6, 6.07) is 16.4. The minimum absolute atomic E-state index is 0.0605. The Morgan fingerprint density at radius 2 is 1.64 bits per heavy atom. The summed E-state index contributed by atoms with van der Waals surface area (Å²) in [7, 11) is 2.57. The van der Waals surface area contributed by atoms with Gasteiger partial charge in [0.1, 0.15) is 17.3 Å². The van der Waals surface area contributed by atoms with Crippen LogP contribution < -0.4 is 25.0 Å². The highest BCUT2D eigenvalue weighted by atomic mass is 35.5. The van der Waals surface area contributed by atoms with Crippen molar-refractivity contribution in [1.82, 2.24) is 9.36 Å². The quantitative estimate of drug-likeness (QED) is 0.162. The van der Waals surface area contributed by atoms with Crippen LogP contribution in [0.2, 0.25) is 5.02 Å². The number of esters is 1. The molecule has 5 rings (SSSR count). The molecule has 0 bridgehead atoms. The first-order valence-electron chi connectivity index (χ1n) is 14.1. The van der Waals surface area contributed by atoms with Crippen LogP contribution in [0.15, 0.2) is 75.3 Å². The van der Waals surface area contributed by atoms with E-state index in [0.717, 1.165) is 47.6 Å². The van der Waals surface area contributed by atoms with Gasteiger partial charge < -0.3 is 14.2 Å². The van der Waals surface area contributed by atoms with Crippen molar-refractivity contribution in [2.75, 3.05) is 30.6 Å². The van der Waals surface area contributed by atoms with E-state index in [4.69, 9.17) is 16.3 Å². The Morgan fingerprint density at radius 1 is 0.957 bits per heavy atom. The maximum absolute atomic E-state index is 14.3. The van der Waals surface area contributed by atoms with Crippen LogP contribution in [-0.4, -0.2) is 47.5 Å². The van der Waals surface area contributed by atoms with E-state index in [2.05, 4.69) is 25.1 Å². The number of benzene rings is 3. The number of carbonyl (C=O) groups is 3. The van der Waals surface area contributed by atoms with E-state index in [1.54, 1.807) is 33.6 Å². The van der Waals surface area contributed by atoms with Crippen molar-refractivity contribution in [2.24, 2.45) is 4.99 Å². The Morgan fingerprint density at radius 3 is 2.34 bits per heavy atom. The van der Waals surface area contributed by atoms with Gasteiger partial charge in [0, 0.05) is 35.4 Å². The van der Waals surface area contributed by atoms with Gasteiger partial charge in [0.05, 0.1) is 25.0 Å². The summed E-state index contributed by atoms with van der Waals surface area (Å²) in [5, 5.41) is 5.32. The summed E-state index contributed by atoms with van der Waals surface area (Å²) in [5.74, 6) is -0.619. The summed E-state index contributed by atoms with van der Waals surface area (Å²) in [4.78, 5) is 51.5. The van der Waals surface area contributed by atoms with Crippen molar-refractivity contribution in [3.05, 3.63) is 91.5 Å². The van der Waals surface area contributed by atoms with Gasteiger partial charge in [-0.05, 0) is 73.1 Å². The lowest BCUT2D eigenvalue weighted by Crippen LogP contribution is -2.31. The zero-order valence-corrected chi connectivity index (χ0v) is 28.0. The number of anilines is 2. The number of halogens is 2. The van der Waals surface area contributed by atoms with Gasteiger partial charge in [-0.15, -0.1) is 11.8 Å². The SMILES string of the molecule is COC(=O)CSc1cc(/N=c2\sc(=O)n3n2CCCC3)c(F)cc1Cl.COC(=O)Nc1cccc(OC(=O)Nc2cccc(C)c2)c1. The Balaban J connectivity index is 0.000000215. The fraction of sp³-hybridized carbons (Fsp3) is 0.258. The molecule has 47 heavy (non-hydrogen) atoms. The molecule has 1 aliphatic rings. The first-order chi connectivity index (χ1) is 22.6. The lowest BCUT2D eigenvalue weighted by molar-refractivity contribution is -0.137. The largest absolute Gasteiger partial charge is 0.468 e. The number of rotatable bonds is 7. The highest BCUT2D eigenvalue weighted by Crippen LogP contribution is 2.33. The molecule has 2 amide bonds. The second kappa shape index (κ2) is 16.8. The number of methoxy groups -OCH3 is 2. The van der Waals surface area contributed by atoms with Crippen LogP contribution in [0, 0.1) is 12.7 Å². The molecule has 0 atom stereocenters. The Bertz CT molecular complexity index is 1890. The number of thioether (sulfide) groups is 1. The van der Waals surface area contributed by atoms with E-state index in [1.165, 1.54) is 26.4 Å². The Labute approximate surface area is 282 Å². The van der Waals surface area contributed by atoms with E-state index < -0.39 is 24.0 Å². The molecule has 0 radical (unpaired) electrons. The van der Waals surface area contributed by atoms with Gasteiger partial charge in [0.15, 0.2) is 0 Å². The van der Waals surface area contributed by atoms with E-state index in [9.17, 15) is 23.6 Å². The fourth-order valence-electron chi connectivity index (χ4n) is 4.21. The molecule has 0 unspecified atom stereocenters. The van der Waals surface area contributed by atoms with Crippen LogP contribution in [0.3, 0.4) is 0 Å². The third kappa shape index (κ3) is 10.2. The van der Waals surface area contributed by atoms with Crippen LogP contribution in [0.25, 0.3) is 0 Å². The molecule has 0 spiro atoms. The van der Waals surface area contributed by atoms with Gasteiger partial charge in [-0.2, -0.15) is 0 Å². The average molecular weight is 704 g/mol. The monoisotopic (exact) mass is 703 g/mol. The number of aryl methyl sites for hydroxylation is 1. The molecule has 0 saturated carbocycles. The van der Waals surface area contributed by atoms with Gasteiger partial charge in [-0.1, -0.05) is 29.8 Å². The minimum Gasteiger partial charge on any atom is -0.468 e. The Hall–Kier alpha value is -4.60. The van der Waals surface area contributed by atoms with E-state index in [1.807, 2.05) is 25.1 Å². The highest BCUT2D eigenvalue weighted by molar-refractivity contribution is 8.00. The molecule has 1 aliphatic heterocycles. The number of fused-ring (bicyclic) bond motifs is 1. The van der Waals surface area contributed by atoms with Crippen molar-refractivity contribution in [1.29, 1.82) is 0 Å². The number of carbonyl (C=O) groups excluding carboxylic acids is 3. The number of nitrogens with zero attached hydrogens (tertiary/aromatic N) is 3. The zero-order valence-electron chi connectivity index (χ0n) is 25.6. The lowest BCUT2D eigenvalue weighted by Gasteiger charge is -2.15. The number of nitrogens with one attached hydrogen (secondary N) is 2. The molecule has 0 fully saturated rings. The van der Waals surface area contributed by atoms with Crippen LogP contribution in [-0.2, 0) is 27.4 Å². The average Bonchev–Trinajstić information content (AvgIpc) is 3.36. The standard InChI is InChI=1S/C16H16N2O4.C15H15ClFN3O3S2/c1-11-5-3-6-12(9-11)18-16(20)22-14-8-4-7-13(10-14)17-15(19)21-2;1-23-13(21)8-24-12-7-11(10(17)6-9(12)16)18-14-19-4-2-3-5-20(19)15(22)25-14/h3-10H,1-2H3,(H,17,19)(H,18,20);6-7H,2-5,8H2,1H3/b;18-14-. The van der Waals surface area contributed by atoms with Gasteiger partial charge in [-0.25, -0.2) is 23.7 Å². The molecule has 2 heterocycles. The maximum atomic E-state index is 14.3. The van der Waals surface area contributed by atoms with Crippen LogP contribution >= 0.6 is 34.7 Å². The van der Waals surface area contributed by atoms with Crippen molar-refractivity contribution >= 4 is 69.9 Å². The van der Waals surface area contributed by atoms with Gasteiger partial charge in [-0.3, -0.25) is 24.9 Å². The zero-order chi connectivity index (χ0) is 33.9. The molecular weight excluding hydrogens is 673 g/mol. The number of hydrogen-bond acceptors (Lipinski definition) is 10. The topological polar surface area (TPSA) is 142 Å². The molecule has 0 saturated heterocycles. The third-order valence-corrected chi connectivity index (χ3v) is 8.75. The molecular formula is C31H31ClFN5O7S2. The van der Waals surface area contributed by atoms with Gasteiger partial charge >= 0.3 is 23.0 Å². The number of aromatic nitrogens is 2. The van der Waals surface area contributed by atoms with Crippen molar-refractivity contribution < 1.29 is 33.0 Å². The predicted molar refractivity (Wildman–Crippen MR) is 178 cm³/mol. The summed E-state index contributed by atoms with van der Waals surface area (Å²) in [6.07, 6.45) is 0.689. The molecule has 1 aromatic heterocycles. The first kappa shape index (κ1) is 35.3. The number of amides is 2. The summed E-state index contributed by atoms with van der Waals surface area (Å²) < 4.78 is 31.9. The van der Waals surface area contributed by atoms with E-state index in [0.29, 0.717) is 39.9 Å². The normalized spacial score (nSPS) is 12.2. The second-order valence-electron chi connectivity index (χ2n) is 9.84. The van der Waals surface area contributed by atoms with Crippen molar-refractivity contribution in [3.63, 3.8) is 0 Å². The lowest BCUT2D eigenvalue weighted by atomic mass is 10.2.